The molecule has 4 rings (SSSR count). The summed E-state index contributed by atoms with van der Waals surface area (Å²) in [6.45, 7) is 9.48. The molecule has 0 unspecified atom stereocenters. The van der Waals surface area contributed by atoms with Gasteiger partial charge in [0.1, 0.15) is 11.4 Å². The molecule has 1 aliphatic rings. The number of hydrogen-bond donors (Lipinski definition) is 1. The van der Waals surface area contributed by atoms with Crippen molar-refractivity contribution < 1.29 is 9.53 Å². The summed E-state index contributed by atoms with van der Waals surface area (Å²) in [6.07, 6.45) is 8.24. The molecule has 1 saturated heterocycles. The third kappa shape index (κ3) is 4.09. The van der Waals surface area contributed by atoms with E-state index >= 15 is 0 Å². The zero-order valence-corrected chi connectivity index (χ0v) is 19.0. The van der Waals surface area contributed by atoms with Crippen molar-refractivity contribution in [3.8, 4) is 5.75 Å². The highest BCUT2D eigenvalue weighted by molar-refractivity contribution is 6.04. The van der Waals surface area contributed by atoms with Gasteiger partial charge in [0, 0.05) is 24.5 Å². The fourth-order valence-corrected chi connectivity index (χ4v) is 4.46. The van der Waals surface area contributed by atoms with Crippen LogP contribution in [0.25, 0.3) is 5.65 Å². The number of imidazole rings is 1. The summed E-state index contributed by atoms with van der Waals surface area (Å²) in [4.78, 5) is 23.6. The first-order valence-electron chi connectivity index (χ1n) is 11.3. The number of carbonyl (C=O) groups excluding carboxylic acids is 1. The van der Waals surface area contributed by atoms with Gasteiger partial charge in [-0.15, -0.1) is 0 Å². The topological polar surface area (TPSA) is 68.5 Å². The van der Waals surface area contributed by atoms with E-state index in [2.05, 4.69) is 29.6 Å². The van der Waals surface area contributed by atoms with E-state index in [9.17, 15) is 4.79 Å². The van der Waals surface area contributed by atoms with Gasteiger partial charge in [0.25, 0.3) is 0 Å². The molecule has 0 spiro atoms. The average molecular weight is 421 g/mol. The van der Waals surface area contributed by atoms with Crippen molar-refractivity contribution in [3.63, 3.8) is 0 Å². The van der Waals surface area contributed by atoms with E-state index in [0.717, 1.165) is 49.3 Å². The van der Waals surface area contributed by atoms with Crippen molar-refractivity contribution in [1.82, 2.24) is 19.7 Å². The van der Waals surface area contributed by atoms with Crippen molar-refractivity contribution in [3.05, 3.63) is 58.8 Å². The van der Waals surface area contributed by atoms with Gasteiger partial charge in [-0.3, -0.25) is 4.79 Å². The standard InChI is InChI=1S/C25H32N4O2/c1-5-19-9-10-21(31-6-2)22(27-19)23(30)25(12-7-8-13-26-25)15-20-16-29-14-11-17(3)18(4)24(29)28-20/h9-11,14,16,26H,5-8,12-13,15H2,1-4H3/t25-/m0/s1. The number of nitrogens with zero attached hydrogens (tertiary/aromatic N) is 3. The first kappa shape index (κ1) is 21.5. The third-order valence-electron chi connectivity index (χ3n) is 6.40. The van der Waals surface area contributed by atoms with Gasteiger partial charge in [-0.25, -0.2) is 9.97 Å². The Morgan fingerprint density at radius 1 is 1.16 bits per heavy atom. The lowest BCUT2D eigenvalue weighted by molar-refractivity contribution is 0.0799. The number of fused-ring (bicyclic) bond motifs is 1. The van der Waals surface area contributed by atoms with Gasteiger partial charge < -0.3 is 14.5 Å². The number of nitrogens with one attached hydrogen (secondary N) is 1. The van der Waals surface area contributed by atoms with E-state index in [1.54, 1.807) is 0 Å². The van der Waals surface area contributed by atoms with Crippen molar-refractivity contribution in [1.29, 1.82) is 0 Å². The van der Waals surface area contributed by atoms with E-state index in [1.165, 1.54) is 11.1 Å². The van der Waals surface area contributed by atoms with Crippen LogP contribution in [0.2, 0.25) is 0 Å². The highest BCUT2D eigenvalue weighted by atomic mass is 16.5. The largest absolute Gasteiger partial charge is 0.491 e. The first-order valence-corrected chi connectivity index (χ1v) is 11.3. The van der Waals surface area contributed by atoms with E-state index in [1.807, 2.05) is 38.4 Å². The molecule has 0 aromatic carbocycles. The highest BCUT2D eigenvalue weighted by Gasteiger charge is 2.42. The molecule has 6 heteroatoms. The maximum atomic E-state index is 14.0. The zero-order valence-electron chi connectivity index (χ0n) is 19.0. The van der Waals surface area contributed by atoms with Crippen LogP contribution < -0.4 is 10.1 Å². The normalized spacial score (nSPS) is 19.0. The Hall–Kier alpha value is -2.73. The smallest absolute Gasteiger partial charge is 0.205 e. The van der Waals surface area contributed by atoms with Crippen LogP contribution in [-0.2, 0) is 12.8 Å². The van der Waals surface area contributed by atoms with Crippen molar-refractivity contribution in [2.75, 3.05) is 13.2 Å². The van der Waals surface area contributed by atoms with Crippen LogP contribution in [0, 0.1) is 13.8 Å². The van der Waals surface area contributed by atoms with Gasteiger partial charge in [-0.2, -0.15) is 0 Å². The van der Waals surface area contributed by atoms with Crippen LogP contribution in [0.1, 0.15) is 66.1 Å². The summed E-state index contributed by atoms with van der Waals surface area (Å²) in [5, 5.41) is 3.56. The van der Waals surface area contributed by atoms with Gasteiger partial charge >= 0.3 is 0 Å². The van der Waals surface area contributed by atoms with E-state index in [-0.39, 0.29) is 5.78 Å². The predicted octanol–water partition coefficient (Wildman–Crippen LogP) is 4.24. The summed E-state index contributed by atoms with van der Waals surface area (Å²) in [5.74, 6) is 0.578. The summed E-state index contributed by atoms with van der Waals surface area (Å²) < 4.78 is 7.85. The number of ketones is 1. The number of Topliss-reactive ketones (excluding diaryl/α,β-unsaturated/α-hetero) is 1. The number of aryl methyl sites for hydroxylation is 3. The molecule has 31 heavy (non-hydrogen) atoms. The third-order valence-corrected chi connectivity index (χ3v) is 6.40. The van der Waals surface area contributed by atoms with Gasteiger partial charge in [0.2, 0.25) is 5.78 Å². The number of hydrogen-bond acceptors (Lipinski definition) is 5. The van der Waals surface area contributed by atoms with Crippen molar-refractivity contribution in [2.24, 2.45) is 0 Å². The second kappa shape index (κ2) is 8.79. The van der Waals surface area contributed by atoms with E-state index < -0.39 is 5.54 Å². The van der Waals surface area contributed by atoms with Crippen molar-refractivity contribution >= 4 is 11.4 Å². The SMILES string of the molecule is CCOc1ccc(CC)nc1C(=O)[C@@]1(Cc2cn3ccc(C)c(C)c3n2)CCCCN1. The van der Waals surface area contributed by atoms with Crippen LogP contribution in [0.4, 0.5) is 0 Å². The van der Waals surface area contributed by atoms with Crippen LogP contribution in [0.15, 0.2) is 30.6 Å². The Balaban J connectivity index is 1.75. The van der Waals surface area contributed by atoms with Crippen LogP contribution in [0.5, 0.6) is 5.75 Å². The van der Waals surface area contributed by atoms with E-state index in [4.69, 9.17) is 14.7 Å². The Labute approximate surface area is 184 Å². The summed E-state index contributed by atoms with van der Waals surface area (Å²) in [6, 6.07) is 5.92. The fraction of sp³-hybridized carbons (Fsp3) is 0.480. The number of carbonyl (C=O) groups is 1. The minimum atomic E-state index is -0.718. The maximum Gasteiger partial charge on any atom is 0.205 e. The quantitative estimate of drug-likeness (QED) is 0.579. The molecule has 0 aliphatic carbocycles. The molecular weight excluding hydrogens is 388 g/mol. The molecule has 0 radical (unpaired) electrons. The lowest BCUT2D eigenvalue weighted by Crippen LogP contribution is -2.56. The van der Waals surface area contributed by atoms with Crippen molar-refractivity contribution in [2.45, 2.75) is 65.3 Å². The minimum absolute atomic E-state index is 0.0101. The molecule has 164 valence electrons. The molecule has 1 fully saturated rings. The molecule has 6 nitrogen and oxygen atoms in total. The number of aromatic nitrogens is 3. The Bertz CT molecular complexity index is 1100. The molecule has 0 saturated carbocycles. The number of pyridine rings is 2. The molecule has 0 amide bonds. The maximum absolute atomic E-state index is 14.0. The van der Waals surface area contributed by atoms with Crippen LogP contribution in [-0.4, -0.2) is 38.8 Å². The number of piperidine rings is 1. The lowest BCUT2D eigenvalue weighted by Gasteiger charge is -2.36. The summed E-state index contributed by atoms with van der Waals surface area (Å²) in [5.41, 5.74) is 4.87. The molecule has 1 N–H and O–H groups in total. The molecular formula is C25H32N4O2. The second-order valence-electron chi connectivity index (χ2n) is 8.49. The lowest BCUT2D eigenvalue weighted by atomic mass is 9.79. The Morgan fingerprint density at radius 2 is 2.00 bits per heavy atom. The Morgan fingerprint density at radius 3 is 2.71 bits per heavy atom. The Kier molecular flexibility index (Phi) is 6.10. The zero-order chi connectivity index (χ0) is 22.0. The number of ether oxygens (including phenoxy) is 1. The minimum Gasteiger partial charge on any atom is -0.491 e. The molecule has 3 aromatic rings. The van der Waals surface area contributed by atoms with Gasteiger partial charge in [0.05, 0.1) is 17.8 Å². The van der Waals surface area contributed by atoms with Gasteiger partial charge in [-0.1, -0.05) is 6.92 Å². The molecule has 3 aromatic heterocycles. The van der Waals surface area contributed by atoms with E-state index in [0.29, 0.717) is 24.5 Å². The highest BCUT2D eigenvalue weighted by Crippen LogP contribution is 2.31. The summed E-state index contributed by atoms with van der Waals surface area (Å²) >= 11 is 0. The monoisotopic (exact) mass is 420 g/mol. The van der Waals surface area contributed by atoms with Gasteiger partial charge in [-0.05, 0) is 82.3 Å². The van der Waals surface area contributed by atoms with Crippen LogP contribution >= 0.6 is 0 Å². The second-order valence-corrected chi connectivity index (χ2v) is 8.49. The average Bonchev–Trinajstić information content (AvgIpc) is 3.20. The molecule has 0 bridgehead atoms. The first-order chi connectivity index (χ1) is 15.0. The fourth-order valence-electron chi connectivity index (χ4n) is 4.46. The molecule has 1 atom stereocenters. The van der Waals surface area contributed by atoms with Gasteiger partial charge in [0.15, 0.2) is 5.69 Å². The number of rotatable bonds is 7. The predicted molar refractivity (Wildman–Crippen MR) is 122 cm³/mol. The molecule has 4 heterocycles. The van der Waals surface area contributed by atoms with Crippen LogP contribution in [0.3, 0.4) is 0 Å². The summed E-state index contributed by atoms with van der Waals surface area (Å²) in [7, 11) is 0. The molecule has 1 aliphatic heterocycles.